The van der Waals surface area contributed by atoms with Crippen molar-refractivity contribution in [2.45, 2.75) is 40.5 Å². The summed E-state index contributed by atoms with van der Waals surface area (Å²) in [5, 5.41) is 7.32. The van der Waals surface area contributed by atoms with Crippen LogP contribution in [0, 0.1) is 17.2 Å². The topological polar surface area (TPSA) is 223 Å². The molecular formula is C8H32N4O3. The molecule has 0 aromatic heterocycles. The van der Waals surface area contributed by atoms with Gasteiger partial charge in [-0.25, -0.2) is 0 Å². The maximum atomic E-state index is 7.32. The Morgan fingerprint density at radius 2 is 1.07 bits per heavy atom. The fraction of sp³-hybridized carbons (Fsp3) is 0.875. The summed E-state index contributed by atoms with van der Waals surface area (Å²) in [6.07, 6.45) is 2.66. The van der Waals surface area contributed by atoms with Gasteiger partial charge in [0.05, 0.1) is 6.07 Å². The lowest BCUT2D eigenvalue weighted by Gasteiger charge is -1.98. The van der Waals surface area contributed by atoms with E-state index in [9.17, 15) is 0 Å². The van der Waals surface area contributed by atoms with Crippen LogP contribution in [0.5, 0.6) is 0 Å². The van der Waals surface area contributed by atoms with E-state index in [4.69, 9.17) is 5.26 Å². The molecule has 0 saturated carbocycles. The van der Waals surface area contributed by atoms with Gasteiger partial charge in [0, 0.05) is 6.92 Å². The van der Waals surface area contributed by atoms with Crippen molar-refractivity contribution in [2.75, 3.05) is 0 Å². The van der Waals surface area contributed by atoms with E-state index in [1.54, 1.807) is 6.07 Å². The van der Waals surface area contributed by atoms with E-state index in [-0.39, 0.29) is 34.9 Å². The number of nitrogens with zero attached hydrogens (tertiary/aromatic N) is 1. The van der Waals surface area contributed by atoms with Crippen LogP contribution in [0.25, 0.3) is 0 Å². The van der Waals surface area contributed by atoms with Crippen LogP contribution in [-0.4, -0.2) is 16.4 Å². The summed E-state index contributed by atoms with van der Waals surface area (Å²) in [5.41, 5.74) is 0. The van der Waals surface area contributed by atoms with Gasteiger partial charge >= 0.3 is 0 Å². The van der Waals surface area contributed by atoms with Crippen molar-refractivity contribution >= 4 is 0 Å². The molecule has 0 unspecified atom stereocenters. The molecule has 0 aliphatic rings. The highest BCUT2D eigenvalue weighted by Gasteiger charge is 1.88. The molecule has 0 bridgehead atoms. The first-order chi connectivity index (χ1) is 4.22. The van der Waals surface area contributed by atoms with E-state index in [1.807, 2.05) is 0 Å². The van der Waals surface area contributed by atoms with Crippen molar-refractivity contribution in [3.05, 3.63) is 0 Å². The highest BCUT2D eigenvalue weighted by molar-refractivity contribution is 4.51. The minimum absolute atomic E-state index is 0. The number of hydrogen-bond acceptors (Lipinski definition) is 4. The van der Waals surface area contributed by atoms with Crippen molar-refractivity contribution in [3.63, 3.8) is 0 Å². The molecule has 15 heavy (non-hydrogen) atoms. The molecule has 0 aliphatic carbocycles. The Bertz CT molecular complexity index is 84.4. The van der Waals surface area contributed by atoms with E-state index in [2.05, 4.69) is 20.8 Å². The molecule has 0 spiro atoms. The molecule has 102 valence electrons. The first kappa shape index (κ1) is 64.0. The average Bonchev–Trinajstić information content (AvgIpc) is 1.88. The molecule has 7 nitrogen and oxygen atoms in total. The van der Waals surface area contributed by atoms with E-state index >= 15 is 0 Å². The molecule has 7 heteroatoms. The Hall–Kier alpha value is -0.750. The summed E-state index contributed by atoms with van der Waals surface area (Å²) in [6, 6.07) is 1.75. The summed E-state index contributed by atoms with van der Waals surface area (Å²) in [5.74, 6) is 0.935. The third-order valence-electron chi connectivity index (χ3n) is 1.39. The molecule has 0 rings (SSSR count). The summed E-state index contributed by atoms with van der Waals surface area (Å²) in [4.78, 5) is 0. The summed E-state index contributed by atoms with van der Waals surface area (Å²) in [7, 11) is 0. The minimum Gasteiger partial charge on any atom is -0.412 e. The normalized spacial score (nSPS) is 4.53. The number of hydrogen-bond donors (Lipinski definition) is 3. The van der Waals surface area contributed by atoms with Crippen molar-refractivity contribution in [1.29, 1.82) is 5.26 Å². The monoisotopic (exact) mass is 232 g/mol. The lowest BCUT2D eigenvalue weighted by molar-refractivity contribution is 0.544. The van der Waals surface area contributed by atoms with Gasteiger partial charge in [-0.2, -0.15) is 5.26 Å². The first-order valence-electron chi connectivity index (χ1n) is 3.53. The Kier molecular flexibility index (Phi) is 308. The lowest BCUT2D eigenvalue weighted by Crippen LogP contribution is -1.85. The highest BCUT2D eigenvalue weighted by Crippen LogP contribution is 2.02. The van der Waals surface area contributed by atoms with Crippen LogP contribution in [0.15, 0.2) is 0 Å². The molecule has 0 amide bonds. The smallest absolute Gasteiger partial charge is 0.0587 e. The molecule has 0 aliphatic heterocycles. The fourth-order valence-corrected chi connectivity index (χ4v) is 0.289. The summed E-state index contributed by atoms with van der Waals surface area (Å²) in [6.45, 7) is 8.17. The van der Waals surface area contributed by atoms with Crippen molar-refractivity contribution in [2.24, 2.45) is 5.92 Å². The van der Waals surface area contributed by atoms with Crippen LogP contribution in [0.3, 0.4) is 0 Å². The van der Waals surface area contributed by atoms with Crippen LogP contribution in [0.1, 0.15) is 40.5 Å². The molecule has 0 saturated heterocycles. The zero-order valence-electron chi connectivity index (χ0n) is 10.6. The van der Waals surface area contributed by atoms with Gasteiger partial charge in [-0.1, -0.05) is 33.6 Å². The van der Waals surface area contributed by atoms with Crippen LogP contribution in [-0.2, 0) is 0 Å². The Morgan fingerprint density at radius 3 is 1.07 bits per heavy atom. The largest absolute Gasteiger partial charge is 0.412 e. The van der Waals surface area contributed by atoms with Crippen LogP contribution in [0.4, 0.5) is 0 Å². The maximum absolute atomic E-state index is 7.32. The van der Waals surface area contributed by atoms with E-state index in [0.717, 1.165) is 5.92 Å². The second-order valence-corrected chi connectivity index (χ2v) is 2.15. The highest BCUT2D eigenvalue weighted by atomic mass is 16.0. The van der Waals surface area contributed by atoms with Gasteiger partial charge in [0.1, 0.15) is 0 Å². The second kappa shape index (κ2) is 72.1. The molecule has 0 radical (unpaired) electrons. The average molecular weight is 232 g/mol. The molecule has 0 heterocycles. The molecule has 0 aromatic rings. The standard InChI is InChI=1S/C6H14.C2H3N.3H3N.3H2O/c1-4-6(3)5-2;1-2-3;;;;;;/h6H,4-5H2,1-3H3;1H3;3*1H3;3*1H2. The van der Waals surface area contributed by atoms with E-state index in [0.29, 0.717) is 0 Å². The molecular weight excluding hydrogens is 200 g/mol. The molecule has 0 atom stereocenters. The third kappa shape index (κ3) is 159. The van der Waals surface area contributed by atoms with Gasteiger partial charge in [-0.3, -0.25) is 0 Å². The molecule has 0 fully saturated rings. The van der Waals surface area contributed by atoms with Gasteiger partial charge in [-0.05, 0) is 5.92 Å². The molecule has 15 N–H and O–H groups in total. The first-order valence-corrected chi connectivity index (χ1v) is 3.53. The summed E-state index contributed by atoms with van der Waals surface area (Å²) >= 11 is 0. The van der Waals surface area contributed by atoms with Crippen LogP contribution in [0.2, 0.25) is 0 Å². The predicted octanol–water partition coefficient (Wildman–Crippen LogP) is 0.984. The van der Waals surface area contributed by atoms with Gasteiger partial charge < -0.3 is 34.9 Å². The third-order valence-corrected chi connectivity index (χ3v) is 1.39. The quantitative estimate of drug-likeness (QED) is 0.632. The maximum Gasteiger partial charge on any atom is 0.0587 e. The van der Waals surface area contributed by atoms with E-state index in [1.165, 1.54) is 19.8 Å². The van der Waals surface area contributed by atoms with Crippen molar-refractivity contribution < 1.29 is 16.4 Å². The Morgan fingerprint density at radius 1 is 0.933 bits per heavy atom. The zero-order chi connectivity index (χ0) is 7.70. The van der Waals surface area contributed by atoms with Crippen LogP contribution >= 0.6 is 0 Å². The Labute approximate surface area is 93.5 Å². The SMILES string of the molecule is CC#N.CCC(C)CC.N.N.N.O.O.O. The second-order valence-electron chi connectivity index (χ2n) is 2.15. The predicted molar refractivity (Wildman–Crippen MR) is 66.9 cm³/mol. The summed E-state index contributed by atoms with van der Waals surface area (Å²) < 4.78 is 0. The van der Waals surface area contributed by atoms with Gasteiger partial charge in [0.15, 0.2) is 0 Å². The zero-order valence-corrected chi connectivity index (χ0v) is 10.6. The van der Waals surface area contributed by atoms with Crippen molar-refractivity contribution in [1.82, 2.24) is 18.5 Å². The Balaban J connectivity index is -0.00000000843. The van der Waals surface area contributed by atoms with E-state index < -0.39 is 0 Å². The van der Waals surface area contributed by atoms with Gasteiger partial charge in [0.2, 0.25) is 0 Å². The number of nitriles is 1. The lowest BCUT2D eigenvalue weighted by atomic mass is 10.1. The van der Waals surface area contributed by atoms with Gasteiger partial charge in [0.25, 0.3) is 0 Å². The fourth-order valence-electron chi connectivity index (χ4n) is 0.289. The molecule has 0 aromatic carbocycles. The van der Waals surface area contributed by atoms with Crippen LogP contribution < -0.4 is 18.5 Å². The van der Waals surface area contributed by atoms with Gasteiger partial charge in [-0.15, -0.1) is 0 Å². The minimum atomic E-state index is 0. The van der Waals surface area contributed by atoms with Crippen molar-refractivity contribution in [3.8, 4) is 6.07 Å². The number of rotatable bonds is 2.